The summed E-state index contributed by atoms with van der Waals surface area (Å²) < 4.78 is 0. The zero-order valence-electron chi connectivity index (χ0n) is 7.93. The Bertz CT molecular complexity index is 554. The van der Waals surface area contributed by atoms with E-state index in [1.54, 1.807) is 0 Å². The van der Waals surface area contributed by atoms with Crippen LogP contribution in [0.25, 0.3) is 0 Å². The molecule has 80 valence electrons. The molecule has 0 spiro atoms. The second kappa shape index (κ2) is 3.30. The van der Waals surface area contributed by atoms with Crippen LogP contribution in [-0.2, 0) is 0 Å². The van der Waals surface area contributed by atoms with E-state index < -0.39 is 23.1 Å². The van der Waals surface area contributed by atoms with Crippen molar-refractivity contribution in [2.24, 2.45) is 0 Å². The molecule has 0 saturated carbocycles. The fourth-order valence-corrected chi connectivity index (χ4v) is 1.58. The fourth-order valence-electron chi connectivity index (χ4n) is 1.58. The van der Waals surface area contributed by atoms with Gasteiger partial charge in [-0.15, -0.1) is 0 Å². The number of phenolic OH excluding ortho intramolecular Hbond substituents is 2. The van der Waals surface area contributed by atoms with Gasteiger partial charge >= 0.3 is 0 Å². The standard InChI is InChI=1S/C11H6O5/c12-4-5-3-8(15)9-6(13)1-2-7(14)10(9)11(5)16/h1-4,15-16H. The fraction of sp³-hybridized carbons (Fsp3) is 0. The second-order valence-electron chi connectivity index (χ2n) is 3.26. The van der Waals surface area contributed by atoms with Gasteiger partial charge in [-0.05, 0) is 18.2 Å². The summed E-state index contributed by atoms with van der Waals surface area (Å²) in [5, 5.41) is 19.1. The third-order valence-corrected chi connectivity index (χ3v) is 2.31. The number of hydrogen-bond acceptors (Lipinski definition) is 5. The van der Waals surface area contributed by atoms with E-state index in [1.165, 1.54) is 0 Å². The maximum atomic E-state index is 11.4. The predicted octanol–water partition coefficient (Wildman–Crippen LogP) is 0.845. The molecule has 16 heavy (non-hydrogen) atoms. The molecular formula is C11H6O5. The summed E-state index contributed by atoms with van der Waals surface area (Å²) in [7, 11) is 0. The Hall–Kier alpha value is -2.43. The van der Waals surface area contributed by atoms with Crippen LogP contribution in [0, 0.1) is 0 Å². The number of aldehydes is 1. The van der Waals surface area contributed by atoms with Crippen molar-refractivity contribution in [3.8, 4) is 11.5 Å². The predicted molar refractivity (Wildman–Crippen MR) is 53.0 cm³/mol. The lowest BCUT2D eigenvalue weighted by molar-refractivity contribution is 0.0988. The molecule has 1 aromatic rings. The van der Waals surface area contributed by atoms with E-state index in [0.29, 0.717) is 6.29 Å². The van der Waals surface area contributed by atoms with Crippen molar-refractivity contribution in [2.45, 2.75) is 0 Å². The van der Waals surface area contributed by atoms with Crippen LogP contribution in [0.4, 0.5) is 0 Å². The van der Waals surface area contributed by atoms with Crippen molar-refractivity contribution in [1.82, 2.24) is 0 Å². The third kappa shape index (κ3) is 1.22. The van der Waals surface area contributed by atoms with E-state index in [9.17, 15) is 24.6 Å². The monoisotopic (exact) mass is 218 g/mol. The molecule has 0 heterocycles. The van der Waals surface area contributed by atoms with Gasteiger partial charge in [-0.1, -0.05) is 0 Å². The van der Waals surface area contributed by atoms with Gasteiger partial charge in [0.25, 0.3) is 0 Å². The molecule has 0 saturated heterocycles. The Balaban J connectivity index is 2.87. The number of fused-ring (bicyclic) bond motifs is 1. The Morgan fingerprint density at radius 2 is 1.56 bits per heavy atom. The summed E-state index contributed by atoms with van der Waals surface area (Å²) >= 11 is 0. The first kappa shape index (κ1) is 10.1. The highest BCUT2D eigenvalue weighted by atomic mass is 16.3. The molecule has 1 aliphatic carbocycles. The molecule has 0 bridgehead atoms. The average Bonchev–Trinajstić information content (AvgIpc) is 2.26. The summed E-state index contributed by atoms with van der Waals surface area (Å²) in [4.78, 5) is 33.4. The second-order valence-corrected chi connectivity index (χ2v) is 3.26. The molecule has 1 aromatic carbocycles. The van der Waals surface area contributed by atoms with Crippen molar-refractivity contribution in [2.75, 3.05) is 0 Å². The van der Waals surface area contributed by atoms with E-state index in [-0.39, 0.29) is 16.7 Å². The molecule has 5 heteroatoms. The van der Waals surface area contributed by atoms with E-state index >= 15 is 0 Å². The van der Waals surface area contributed by atoms with E-state index in [1.807, 2.05) is 0 Å². The molecule has 2 N–H and O–H groups in total. The molecule has 0 fully saturated rings. The lowest BCUT2D eigenvalue weighted by atomic mass is 9.91. The van der Waals surface area contributed by atoms with Gasteiger partial charge in [-0.3, -0.25) is 14.4 Å². The van der Waals surface area contributed by atoms with Crippen molar-refractivity contribution in [3.63, 3.8) is 0 Å². The van der Waals surface area contributed by atoms with Crippen LogP contribution in [0.1, 0.15) is 31.1 Å². The lowest BCUT2D eigenvalue weighted by Gasteiger charge is -2.13. The number of phenols is 2. The van der Waals surface area contributed by atoms with Gasteiger partial charge in [0.2, 0.25) is 0 Å². The summed E-state index contributed by atoms with van der Waals surface area (Å²) in [6.45, 7) is 0. The quantitative estimate of drug-likeness (QED) is 0.538. The van der Waals surface area contributed by atoms with Crippen molar-refractivity contribution >= 4 is 17.9 Å². The number of rotatable bonds is 1. The molecule has 0 aliphatic heterocycles. The van der Waals surface area contributed by atoms with Crippen molar-refractivity contribution in [3.05, 3.63) is 34.9 Å². The minimum Gasteiger partial charge on any atom is -0.507 e. The Labute approximate surface area is 89.6 Å². The first-order chi connectivity index (χ1) is 7.56. The minimum absolute atomic E-state index is 0.229. The van der Waals surface area contributed by atoms with Gasteiger partial charge in [0, 0.05) is 0 Å². The topological polar surface area (TPSA) is 91.7 Å². The number of benzene rings is 1. The lowest BCUT2D eigenvalue weighted by Crippen LogP contribution is -2.13. The van der Waals surface area contributed by atoms with Crippen LogP contribution in [0.5, 0.6) is 11.5 Å². The van der Waals surface area contributed by atoms with Gasteiger partial charge in [0.1, 0.15) is 11.5 Å². The average molecular weight is 218 g/mol. The molecule has 0 radical (unpaired) electrons. The van der Waals surface area contributed by atoms with E-state index in [0.717, 1.165) is 18.2 Å². The van der Waals surface area contributed by atoms with Crippen LogP contribution in [0.2, 0.25) is 0 Å². The number of carbonyl (C=O) groups is 3. The first-order valence-corrected chi connectivity index (χ1v) is 4.37. The summed E-state index contributed by atoms with van der Waals surface area (Å²) in [6, 6.07) is 0.950. The van der Waals surface area contributed by atoms with Crippen LogP contribution < -0.4 is 0 Å². The zero-order chi connectivity index (χ0) is 11.9. The number of aromatic hydroxyl groups is 2. The van der Waals surface area contributed by atoms with Crippen molar-refractivity contribution < 1.29 is 24.6 Å². The molecule has 0 unspecified atom stereocenters. The zero-order valence-corrected chi connectivity index (χ0v) is 7.93. The molecule has 2 rings (SSSR count). The largest absolute Gasteiger partial charge is 0.507 e. The van der Waals surface area contributed by atoms with Gasteiger partial charge in [-0.2, -0.15) is 0 Å². The normalized spacial score (nSPS) is 13.8. The minimum atomic E-state index is -0.619. The summed E-state index contributed by atoms with van der Waals surface area (Å²) in [5.41, 5.74) is -0.821. The summed E-state index contributed by atoms with van der Waals surface area (Å²) in [6.07, 6.45) is 2.29. The molecular weight excluding hydrogens is 212 g/mol. The van der Waals surface area contributed by atoms with Gasteiger partial charge < -0.3 is 10.2 Å². The molecule has 0 amide bonds. The maximum Gasteiger partial charge on any atom is 0.190 e. The van der Waals surface area contributed by atoms with Crippen LogP contribution in [-0.4, -0.2) is 28.1 Å². The van der Waals surface area contributed by atoms with Gasteiger partial charge in [0.15, 0.2) is 17.9 Å². The maximum absolute atomic E-state index is 11.4. The molecule has 5 nitrogen and oxygen atoms in total. The molecule has 0 atom stereocenters. The first-order valence-electron chi connectivity index (χ1n) is 4.37. The molecule has 1 aliphatic rings. The SMILES string of the molecule is O=Cc1cc(O)c2c(c1O)C(=O)C=CC2=O. The van der Waals surface area contributed by atoms with E-state index in [4.69, 9.17) is 0 Å². The Morgan fingerprint density at radius 1 is 1.00 bits per heavy atom. The number of carbonyl (C=O) groups excluding carboxylic acids is 3. The third-order valence-electron chi connectivity index (χ3n) is 2.31. The van der Waals surface area contributed by atoms with Crippen LogP contribution in [0.3, 0.4) is 0 Å². The number of ketones is 2. The smallest absolute Gasteiger partial charge is 0.190 e. The number of allylic oxidation sites excluding steroid dienone is 2. The van der Waals surface area contributed by atoms with Crippen LogP contribution >= 0.6 is 0 Å². The Kier molecular flexibility index (Phi) is 2.09. The Morgan fingerprint density at radius 3 is 2.12 bits per heavy atom. The van der Waals surface area contributed by atoms with Gasteiger partial charge in [0.05, 0.1) is 16.7 Å². The van der Waals surface area contributed by atoms with Gasteiger partial charge in [-0.25, -0.2) is 0 Å². The summed E-state index contributed by atoms with van der Waals surface area (Å²) in [5.74, 6) is -2.27. The highest BCUT2D eigenvalue weighted by Crippen LogP contribution is 2.35. The van der Waals surface area contributed by atoms with Crippen LogP contribution in [0.15, 0.2) is 18.2 Å². The highest BCUT2D eigenvalue weighted by molar-refractivity contribution is 6.24. The number of hydrogen-bond donors (Lipinski definition) is 2. The molecule has 0 aromatic heterocycles. The van der Waals surface area contributed by atoms with E-state index in [2.05, 4.69) is 0 Å². The van der Waals surface area contributed by atoms with Crippen molar-refractivity contribution in [1.29, 1.82) is 0 Å². The highest BCUT2D eigenvalue weighted by Gasteiger charge is 2.27.